The molecule has 0 heterocycles. The minimum absolute atomic E-state index is 0.0661. The van der Waals surface area contributed by atoms with E-state index in [1.165, 1.54) is 0 Å². The molecule has 3 aromatic rings. The van der Waals surface area contributed by atoms with E-state index in [9.17, 15) is 4.79 Å². The summed E-state index contributed by atoms with van der Waals surface area (Å²) in [5.74, 6) is 0.0661. The highest BCUT2D eigenvalue weighted by Crippen LogP contribution is 2.26. The Morgan fingerprint density at radius 1 is 0.750 bits per heavy atom. The summed E-state index contributed by atoms with van der Waals surface area (Å²) in [6.45, 7) is 2.00. The quantitative estimate of drug-likeness (QED) is 0.634. The molecule has 0 unspecified atom stereocenters. The Bertz CT molecular complexity index is 866. The first-order chi connectivity index (χ1) is 11.6. The van der Waals surface area contributed by atoms with E-state index in [-0.39, 0.29) is 5.78 Å². The summed E-state index contributed by atoms with van der Waals surface area (Å²) >= 11 is 0. The van der Waals surface area contributed by atoms with E-state index in [1.807, 2.05) is 80.5 Å². The van der Waals surface area contributed by atoms with Gasteiger partial charge in [0.05, 0.1) is 0 Å². The van der Waals surface area contributed by atoms with Crippen molar-refractivity contribution in [3.8, 4) is 11.1 Å². The maximum atomic E-state index is 13.0. The molecule has 120 valence electrons. The molecule has 0 bridgehead atoms. The summed E-state index contributed by atoms with van der Waals surface area (Å²) < 4.78 is 0. The molecule has 2 heteroatoms. The molecule has 0 saturated carbocycles. The average Bonchev–Trinajstić information content (AvgIpc) is 2.62. The summed E-state index contributed by atoms with van der Waals surface area (Å²) in [4.78, 5) is 15.0. The van der Waals surface area contributed by atoms with Crippen molar-refractivity contribution in [2.75, 3.05) is 19.0 Å². The Morgan fingerprint density at radius 2 is 1.42 bits per heavy atom. The number of carbonyl (C=O) groups excluding carboxylic acids is 1. The van der Waals surface area contributed by atoms with Gasteiger partial charge in [-0.05, 0) is 35.7 Å². The lowest BCUT2D eigenvalue weighted by molar-refractivity contribution is 0.103. The second-order valence-electron chi connectivity index (χ2n) is 6.14. The molecule has 0 aliphatic rings. The first kappa shape index (κ1) is 16.0. The van der Waals surface area contributed by atoms with Crippen LogP contribution in [0.5, 0.6) is 0 Å². The third kappa shape index (κ3) is 3.09. The van der Waals surface area contributed by atoms with Crippen molar-refractivity contribution in [3.05, 3.63) is 89.5 Å². The molecular weight excluding hydrogens is 294 g/mol. The van der Waals surface area contributed by atoms with E-state index in [0.717, 1.165) is 33.5 Å². The molecule has 0 spiro atoms. The minimum Gasteiger partial charge on any atom is -0.377 e. The number of carbonyl (C=O) groups is 1. The van der Waals surface area contributed by atoms with Gasteiger partial charge in [0.25, 0.3) is 0 Å². The smallest absolute Gasteiger partial charge is 0.195 e. The molecule has 0 atom stereocenters. The molecule has 0 aromatic heterocycles. The van der Waals surface area contributed by atoms with Gasteiger partial charge in [-0.3, -0.25) is 4.79 Å². The van der Waals surface area contributed by atoms with Crippen molar-refractivity contribution in [2.24, 2.45) is 0 Å². The Kier molecular flexibility index (Phi) is 4.48. The molecule has 2 nitrogen and oxygen atoms in total. The van der Waals surface area contributed by atoms with Crippen molar-refractivity contribution < 1.29 is 4.79 Å². The highest BCUT2D eigenvalue weighted by Gasteiger charge is 2.16. The second-order valence-corrected chi connectivity index (χ2v) is 6.14. The largest absolute Gasteiger partial charge is 0.377 e. The third-order valence-corrected chi connectivity index (χ3v) is 4.21. The van der Waals surface area contributed by atoms with Crippen LogP contribution in [0.4, 0.5) is 5.69 Å². The number of benzene rings is 3. The zero-order chi connectivity index (χ0) is 17.1. The maximum absolute atomic E-state index is 13.0. The maximum Gasteiger partial charge on any atom is 0.195 e. The lowest BCUT2D eigenvalue weighted by Gasteiger charge is -2.17. The molecule has 3 rings (SSSR count). The number of anilines is 1. The van der Waals surface area contributed by atoms with Gasteiger partial charge in [0.1, 0.15) is 0 Å². The molecule has 0 saturated heterocycles. The molecule has 0 amide bonds. The summed E-state index contributed by atoms with van der Waals surface area (Å²) in [6, 6.07) is 24.0. The Morgan fingerprint density at radius 3 is 2.08 bits per heavy atom. The molecule has 0 aliphatic carbocycles. The second kappa shape index (κ2) is 6.71. The van der Waals surface area contributed by atoms with Crippen LogP contribution < -0.4 is 4.90 Å². The van der Waals surface area contributed by atoms with Crippen LogP contribution >= 0.6 is 0 Å². The van der Waals surface area contributed by atoms with E-state index in [2.05, 4.69) is 18.2 Å². The predicted molar refractivity (Wildman–Crippen MR) is 101 cm³/mol. The molecule has 0 radical (unpaired) electrons. The number of hydrogen-bond acceptors (Lipinski definition) is 2. The van der Waals surface area contributed by atoms with Crippen LogP contribution in [0.3, 0.4) is 0 Å². The van der Waals surface area contributed by atoms with E-state index in [0.29, 0.717) is 0 Å². The fourth-order valence-corrected chi connectivity index (χ4v) is 2.93. The van der Waals surface area contributed by atoms with Crippen LogP contribution in [-0.4, -0.2) is 19.9 Å². The van der Waals surface area contributed by atoms with Gasteiger partial charge in [-0.15, -0.1) is 0 Å². The zero-order valence-electron chi connectivity index (χ0n) is 14.3. The van der Waals surface area contributed by atoms with Gasteiger partial charge in [0.2, 0.25) is 0 Å². The Balaban J connectivity index is 2.00. The highest BCUT2D eigenvalue weighted by molar-refractivity contribution is 6.13. The molecule has 3 aromatic carbocycles. The third-order valence-electron chi connectivity index (χ3n) is 4.21. The molecule has 0 aliphatic heterocycles. The normalized spacial score (nSPS) is 10.5. The Hall–Kier alpha value is -2.87. The van der Waals surface area contributed by atoms with Gasteiger partial charge in [0.15, 0.2) is 5.78 Å². The average molecular weight is 315 g/mol. The summed E-state index contributed by atoms with van der Waals surface area (Å²) in [6.07, 6.45) is 0. The minimum atomic E-state index is 0.0661. The van der Waals surface area contributed by atoms with E-state index in [4.69, 9.17) is 0 Å². The summed E-state index contributed by atoms with van der Waals surface area (Å²) in [5, 5.41) is 0. The summed E-state index contributed by atoms with van der Waals surface area (Å²) in [7, 11) is 3.91. The van der Waals surface area contributed by atoms with Gasteiger partial charge < -0.3 is 4.90 Å². The highest BCUT2D eigenvalue weighted by atomic mass is 16.1. The van der Waals surface area contributed by atoms with E-state index in [1.54, 1.807) is 0 Å². The standard InChI is InChI=1S/C22H21NO/c1-16-15-18(17-9-5-4-6-10-17)13-14-19(16)22(24)20-11-7-8-12-21(20)23(2)3/h4-15H,1-3H3. The topological polar surface area (TPSA) is 20.3 Å². The first-order valence-electron chi connectivity index (χ1n) is 8.05. The number of para-hydroxylation sites is 1. The van der Waals surface area contributed by atoms with Crippen LogP contribution in [0, 0.1) is 6.92 Å². The fraction of sp³-hybridized carbons (Fsp3) is 0.136. The van der Waals surface area contributed by atoms with Crippen molar-refractivity contribution >= 4 is 11.5 Å². The number of ketones is 1. The molecule has 24 heavy (non-hydrogen) atoms. The molecule has 0 fully saturated rings. The van der Waals surface area contributed by atoms with Gasteiger partial charge in [0, 0.05) is 30.9 Å². The van der Waals surface area contributed by atoms with Crippen LogP contribution in [0.1, 0.15) is 21.5 Å². The van der Waals surface area contributed by atoms with E-state index >= 15 is 0 Å². The van der Waals surface area contributed by atoms with Gasteiger partial charge in [-0.1, -0.05) is 60.7 Å². The predicted octanol–water partition coefficient (Wildman–Crippen LogP) is 4.96. The SMILES string of the molecule is Cc1cc(-c2ccccc2)ccc1C(=O)c1ccccc1N(C)C. The van der Waals surface area contributed by atoms with E-state index < -0.39 is 0 Å². The summed E-state index contributed by atoms with van der Waals surface area (Å²) in [5.41, 5.74) is 5.71. The monoisotopic (exact) mass is 315 g/mol. The van der Waals surface area contributed by atoms with Crippen LogP contribution in [0.15, 0.2) is 72.8 Å². The fourth-order valence-electron chi connectivity index (χ4n) is 2.93. The number of rotatable bonds is 4. The van der Waals surface area contributed by atoms with Crippen molar-refractivity contribution in [1.82, 2.24) is 0 Å². The van der Waals surface area contributed by atoms with Crippen LogP contribution in [0.2, 0.25) is 0 Å². The number of aryl methyl sites for hydroxylation is 1. The lowest BCUT2D eigenvalue weighted by Crippen LogP contribution is -2.14. The number of hydrogen-bond donors (Lipinski definition) is 0. The van der Waals surface area contributed by atoms with Crippen molar-refractivity contribution in [1.29, 1.82) is 0 Å². The Labute approximate surface area is 143 Å². The van der Waals surface area contributed by atoms with Crippen LogP contribution in [0.25, 0.3) is 11.1 Å². The zero-order valence-corrected chi connectivity index (χ0v) is 14.3. The first-order valence-corrected chi connectivity index (χ1v) is 8.05. The lowest BCUT2D eigenvalue weighted by atomic mass is 9.94. The van der Waals surface area contributed by atoms with Crippen molar-refractivity contribution in [2.45, 2.75) is 6.92 Å². The van der Waals surface area contributed by atoms with Crippen molar-refractivity contribution in [3.63, 3.8) is 0 Å². The molecular formula is C22H21NO. The molecule has 0 N–H and O–H groups in total. The number of nitrogens with zero attached hydrogens (tertiary/aromatic N) is 1. The van der Waals surface area contributed by atoms with Gasteiger partial charge >= 0.3 is 0 Å². The van der Waals surface area contributed by atoms with Crippen LogP contribution in [-0.2, 0) is 0 Å². The van der Waals surface area contributed by atoms with Gasteiger partial charge in [-0.25, -0.2) is 0 Å². The van der Waals surface area contributed by atoms with Gasteiger partial charge in [-0.2, -0.15) is 0 Å².